The number of pyridine rings is 1. The van der Waals surface area contributed by atoms with E-state index in [1.165, 1.54) is 0 Å². The molecule has 0 saturated heterocycles. The first kappa shape index (κ1) is 8.83. The summed E-state index contributed by atoms with van der Waals surface area (Å²) in [7, 11) is 0. The van der Waals surface area contributed by atoms with Crippen LogP contribution in [0, 0.1) is 6.92 Å². The van der Waals surface area contributed by atoms with E-state index < -0.39 is 0 Å². The Labute approximate surface area is 80.4 Å². The van der Waals surface area contributed by atoms with E-state index in [2.05, 4.69) is 15.1 Å². The molecular formula is C9H9N3O2. The fourth-order valence-corrected chi connectivity index (χ4v) is 1.05. The van der Waals surface area contributed by atoms with Crippen LogP contribution in [0.4, 0.5) is 0 Å². The highest BCUT2D eigenvalue weighted by atomic mass is 16.5. The maximum Gasteiger partial charge on any atom is 0.223 e. The van der Waals surface area contributed by atoms with Gasteiger partial charge < -0.3 is 9.63 Å². The van der Waals surface area contributed by atoms with Gasteiger partial charge in [-0.2, -0.15) is 4.98 Å². The van der Waals surface area contributed by atoms with Crippen LogP contribution in [0.3, 0.4) is 0 Å². The maximum atomic E-state index is 8.81. The van der Waals surface area contributed by atoms with E-state index >= 15 is 0 Å². The van der Waals surface area contributed by atoms with Gasteiger partial charge in [-0.25, -0.2) is 0 Å². The van der Waals surface area contributed by atoms with Crippen LogP contribution >= 0.6 is 0 Å². The van der Waals surface area contributed by atoms with Crippen molar-refractivity contribution in [3.8, 4) is 11.5 Å². The van der Waals surface area contributed by atoms with Gasteiger partial charge >= 0.3 is 0 Å². The Hall–Kier alpha value is -1.75. The number of aromatic nitrogens is 3. The van der Waals surface area contributed by atoms with Gasteiger partial charge in [-0.1, -0.05) is 11.2 Å². The summed E-state index contributed by atoms with van der Waals surface area (Å²) >= 11 is 0. The number of hydrogen-bond donors (Lipinski definition) is 1. The predicted molar refractivity (Wildman–Crippen MR) is 48.2 cm³/mol. The van der Waals surface area contributed by atoms with Crippen molar-refractivity contribution in [2.45, 2.75) is 13.5 Å². The van der Waals surface area contributed by atoms with E-state index in [-0.39, 0.29) is 6.61 Å². The molecular weight excluding hydrogens is 182 g/mol. The maximum absolute atomic E-state index is 8.81. The third-order valence-electron chi connectivity index (χ3n) is 1.76. The number of aryl methyl sites for hydroxylation is 1. The summed E-state index contributed by atoms with van der Waals surface area (Å²) in [6.45, 7) is 1.71. The van der Waals surface area contributed by atoms with Crippen LogP contribution in [0.2, 0.25) is 0 Å². The summed E-state index contributed by atoms with van der Waals surface area (Å²) in [6.07, 6.45) is 1.58. The first-order chi connectivity index (χ1) is 6.79. The largest absolute Gasteiger partial charge is 0.392 e. The Morgan fingerprint density at radius 3 is 2.79 bits per heavy atom. The average molecular weight is 191 g/mol. The molecule has 0 aliphatic heterocycles. The van der Waals surface area contributed by atoms with Crippen molar-refractivity contribution in [2.24, 2.45) is 0 Å². The van der Waals surface area contributed by atoms with Crippen molar-refractivity contribution in [3.63, 3.8) is 0 Å². The van der Waals surface area contributed by atoms with E-state index in [1.807, 2.05) is 0 Å². The quantitative estimate of drug-likeness (QED) is 0.764. The van der Waals surface area contributed by atoms with Gasteiger partial charge in [0.15, 0.2) is 0 Å². The van der Waals surface area contributed by atoms with Gasteiger partial charge in [-0.15, -0.1) is 0 Å². The third kappa shape index (κ3) is 1.62. The predicted octanol–water partition coefficient (Wildman–Crippen LogP) is 0.932. The minimum atomic E-state index is -0.0153. The Kier molecular flexibility index (Phi) is 2.24. The molecule has 0 unspecified atom stereocenters. The average Bonchev–Trinajstić information content (AvgIpc) is 2.65. The lowest BCUT2D eigenvalue weighted by Gasteiger charge is -1.95. The molecule has 5 nitrogen and oxygen atoms in total. The molecule has 0 aromatic carbocycles. The SMILES string of the molecule is Cc1nc(-c2ccc(CO)cn2)no1. The molecule has 0 fully saturated rings. The minimum absolute atomic E-state index is 0.0153. The fourth-order valence-electron chi connectivity index (χ4n) is 1.05. The molecule has 1 N–H and O–H groups in total. The zero-order valence-corrected chi connectivity index (χ0v) is 7.64. The Balaban J connectivity index is 2.33. The van der Waals surface area contributed by atoms with E-state index in [9.17, 15) is 0 Å². The Morgan fingerprint density at radius 2 is 2.29 bits per heavy atom. The zero-order valence-electron chi connectivity index (χ0n) is 7.64. The van der Waals surface area contributed by atoms with Crippen molar-refractivity contribution in [1.29, 1.82) is 0 Å². The van der Waals surface area contributed by atoms with Gasteiger partial charge in [0.05, 0.1) is 6.61 Å². The molecule has 2 heterocycles. The number of aliphatic hydroxyl groups excluding tert-OH is 1. The Bertz CT molecular complexity index is 422. The highest BCUT2D eigenvalue weighted by molar-refractivity contribution is 5.47. The monoisotopic (exact) mass is 191 g/mol. The summed E-state index contributed by atoms with van der Waals surface area (Å²) in [5, 5.41) is 12.5. The molecule has 0 saturated carbocycles. The number of nitrogens with zero attached hydrogens (tertiary/aromatic N) is 3. The second-order valence-corrected chi connectivity index (χ2v) is 2.85. The molecule has 0 atom stereocenters. The van der Waals surface area contributed by atoms with Crippen molar-refractivity contribution in [2.75, 3.05) is 0 Å². The molecule has 2 aromatic rings. The second kappa shape index (κ2) is 3.55. The van der Waals surface area contributed by atoms with Crippen LogP contribution in [0.15, 0.2) is 22.9 Å². The van der Waals surface area contributed by atoms with Crippen molar-refractivity contribution < 1.29 is 9.63 Å². The lowest BCUT2D eigenvalue weighted by Crippen LogP contribution is -1.89. The van der Waals surface area contributed by atoms with Gasteiger partial charge in [0.25, 0.3) is 0 Å². The van der Waals surface area contributed by atoms with E-state index in [0.29, 0.717) is 17.4 Å². The number of aliphatic hydroxyl groups is 1. The molecule has 72 valence electrons. The van der Waals surface area contributed by atoms with Gasteiger partial charge in [-0.05, 0) is 11.6 Å². The van der Waals surface area contributed by atoms with Crippen LogP contribution in [-0.4, -0.2) is 20.2 Å². The van der Waals surface area contributed by atoms with Crippen molar-refractivity contribution in [3.05, 3.63) is 29.8 Å². The molecule has 0 aliphatic rings. The molecule has 0 bridgehead atoms. The zero-order chi connectivity index (χ0) is 9.97. The van der Waals surface area contributed by atoms with E-state index in [0.717, 1.165) is 5.56 Å². The summed E-state index contributed by atoms with van der Waals surface area (Å²) in [5.41, 5.74) is 1.40. The highest BCUT2D eigenvalue weighted by Gasteiger charge is 2.06. The lowest BCUT2D eigenvalue weighted by atomic mass is 10.2. The van der Waals surface area contributed by atoms with Gasteiger partial charge in [0.2, 0.25) is 11.7 Å². The molecule has 2 aromatic heterocycles. The number of rotatable bonds is 2. The molecule has 0 spiro atoms. The highest BCUT2D eigenvalue weighted by Crippen LogP contribution is 2.12. The summed E-state index contributed by atoms with van der Waals surface area (Å²) in [6, 6.07) is 3.52. The van der Waals surface area contributed by atoms with Crippen LogP contribution < -0.4 is 0 Å². The number of hydrogen-bond acceptors (Lipinski definition) is 5. The van der Waals surface area contributed by atoms with E-state index in [1.54, 1.807) is 25.3 Å². The topological polar surface area (TPSA) is 72.0 Å². The van der Waals surface area contributed by atoms with Crippen LogP contribution in [0.1, 0.15) is 11.5 Å². The van der Waals surface area contributed by atoms with Crippen LogP contribution in [0.5, 0.6) is 0 Å². The lowest BCUT2D eigenvalue weighted by molar-refractivity contribution is 0.281. The normalized spacial score (nSPS) is 10.4. The standard InChI is InChI=1S/C9H9N3O2/c1-6-11-9(12-14-6)8-3-2-7(5-13)4-10-8/h2-4,13H,5H2,1H3. The van der Waals surface area contributed by atoms with Crippen LogP contribution in [0.25, 0.3) is 11.5 Å². The first-order valence-corrected chi connectivity index (χ1v) is 4.16. The first-order valence-electron chi connectivity index (χ1n) is 4.16. The smallest absolute Gasteiger partial charge is 0.223 e. The summed E-state index contributed by atoms with van der Waals surface area (Å²) < 4.78 is 4.82. The van der Waals surface area contributed by atoms with Gasteiger partial charge in [0, 0.05) is 13.1 Å². The molecule has 0 aliphatic carbocycles. The molecule has 0 amide bonds. The summed E-state index contributed by atoms with van der Waals surface area (Å²) in [4.78, 5) is 8.12. The van der Waals surface area contributed by atoms with Crippen molar-refractivity contribution in [1.82, 2.24) is 15.1 Å². The van der Waals surface area contributed by atoms with Crippen molar-refractivity contribution >= 4 is 0 Å². The molecule has 2 rings (SSSR count). The fraction of sp³-hybridized carbons (Fsp3) is 0.222. The van der Waals surface area contributed by atoms with Gasteiger partial charge in [0.1, 0.15) is 5.69 Å². The molecule has 0 radical (unpaired) electrons. The van der Waals surface area contributed by atoms with Crippen LogP contribution in [-0.2, 0) is 6.61 Å². The Morgan fingerprint density at radius 1 is 1.43 bits per heavy atom. The minimum Gasteiger partial charge on any atom is -0.392 e. The molecule has 14 heavy (non-hydrogen) atoms. The summed E-state index contributed by atoms with van der Waals surface area (Å²) in [5.74, 6) is 0.972. The van der Waals surface area contributed by atoms with Gasteiger partial charge in [-0.3, -0.25) is 4.98 Å². The molecule has 5 heteroatoms. The van der Waals surface area contributed by atoms with E-state index in [4.69, 9.17) is 9.63 Å². The third-order valence-corrected chi connectivity index (χ3v) is 1.76. The second-order valence-electron chi connectivity index (χ2n) is 2.85.